The summed E-state index contributed by atoms with van der Waals surface area (Å²) in [6.07, 6.45) is 10.9. The highest BCUT2D eigenvalue weighted by Crippen LogP contribution is 2.37. The zero-order chi connectivity index (χ0) is 18.2. The SMILES string of the molecule is C#CCOc1c(Br)cc(/C=C(/C#N)C(=O)NC2CCCC2)cc1OC. The monoisotopic (exact) mass is 402 g/mol. The Morgan fingerprint density at radius 2 is 2.20 bits per heavy atom. The molecule has 1 N–H and O–H groups in total. The van der Waals surface area contributed by atoms with Crippen LogP contribution in [0, 0.1) is 23.7 Å². The molecule has 0 radical (unpaired) electrons. The van der Waals surface area contributed by atoms with Crippen LogP contribution in [0.2, 0.25) is 0 Å². The summed E-state index contributed by atoms with van der Waals surface area (Å²) in [5.41, 5.74) is 0.702. The Labute approximate surface area is 156 Å². The van der Waals surface area contributed by atoms with Crippen LogP contribution in [0.1, 0.15) is 31.2 Å². The molecule has 6 heteroatoms. The van der Waals surface area contributed by atoms with Crippen molar-refractivity contribution in [2.45, 2.75) is 31.7 Å². The quantitative estimate of drug-likeness (QED) is 0.449. The number of ether oxygens (including phenoxy) is 2. The van der Waals surface area contributed by atoms with Gasteiger partial charge in [-0.3, -0.25) is 4.79 Å². The van der Waals surface area contributed by atoms with Gasteiger partial charge in [-0.2, -0.15) is 5.26 Å². The molecule has 0 saturated heterocycles. The minimum atomic E-state index is -0.350. The molecule has 1 aliphatic rings. The molecular weight excluding hydrogens is 384 g/mol. The number of halogens is 1. The number of terminal acetylenes is 1. The molecule has 1 fully saturated rings. The van der Waals surface area contributed by atoms with Crippen molar-refractivity contribution in [1.82, 2.24) is 5.32 Å². The van der Waals surface area contributed by atoms with Gasteiger partial charge in [0.2, 0.25) is 0 Å². The highest BCUT2D eigenvalue weighted by molar-refractivity contribution is 9.10. The average Bonchev–Trinajstić information content (AvgIpc) is 3.11. The molecule has 0 heterocycles. The molecule has 1 amide bonds. The van der Waals surface area contributed by atoms with Crippen LogP contribution >= 0.6 is 15.9 Å². The number of nitrogens with zero attached hydrogens (tertiary/aromatic N) is 1. The third kappa shape index (κ3) is 5.01. The standard InChI is InChI=1S/C19H19BrN2O3/c1-3-8-25-18-16(20)10-13(11-17(18)24-2)9-14(12-21)19(23)22-15-6-4-5-7-15/h1,9-11,15H,4-8H2,2H3,(H,22,23)/b14-9-. The summed E-state index contributed by atoms with van der Waals surface area (Å²) in [7, 11) is 1.51. The summed E-state index contributed by atoms with van der Waals surface area (Å²) in [4.78, 5) is 12.3. The fourth-order valence-corrected chi connectivity index (χ4v) is 3.30. The van der Waals surface area contributed by atoms with E-state index < -0.39 is 0 Å². The van der Waals surface area contributed by atoms with E-state index in [1.54, 1.807) is 12.1 Å². The van der Waals surface area contributed by atoms with Crippen LogP contribution < -0.4 is 14.8 Å². The van der Waals surface area contributed by atoms with Crippen LogP contribution in [0.25, 0.3) is 6.08 Å². The smallest absolute Gasteiger partial charge is 0.262 e. The second-order valence-electron chi connectivity index (χ2n) is 5.65. The van der Waals surface area contributed by atoms with Gasteiger partial charge in [0.15, 0.2) is 11.5 Å². The van der Waals surface area contributed by atoms with Gasteiger partial charge in [0.25, 0.3) is 5.91 Å². The van der Waals surface area contributed by atoms with Crippen LogP contribution in [-0.4, -0.2) is 25.7 Å². The number of amides is 1. The Hall–Kier alpha value is -2.44. The molecule has 1 aromatic carbocycles. The van der Waals surface area contributed by atoms with Gasteiger partial charge in [-0.25, -0.2) is 0 Å². The molecule has 0 aliphatic heterocycles. The molecule has 0 atom stereocenters. The predicted octanol–water partition coefficient (Wildman–Crippen LogP) is 3.44. The summed E-state index contributed by atoms with van der Waals surface area (Å²) in [6, 6.07) is 5.56. The first-order valence-electron chi connectivity index (χ1n) is 7.95. The molecule has 0 bridgehead atoms. The molecule has 1 aliphatic carbocycles. The van der Waals surface area contributed by atoms with E-state index in [4.69, 9.17) is 15.9 Å². The van der Waals surface area contributed by atoms with Crippen LogP contribution in [0.3, 0.4) is 0 Å². The number of methoxy groups -OCH3 is 1. The van der Waals surface area contributed by atoms with Crippen LogP contribution in [0.15, 0.2) is 22.2 Å². The molecule has 1 saturated carbocycles. The van der Waals surface area contributed by atoms with Gasteiger partial charge in [-0.15, -0.1) is 6.42 Å². The van der Waals surface area contributed by atoms with Gasteiger partial charge >= 0.3 is 0 Å². The highest BCUT2D eigenvalue weighted by Gasteiger charge is 2.19. The molecule has 130 valence electrons. The van der Waals surface area contributed by atoms with Crippen molar-refractivity contribution in [2.75, 3.05) is 13.7 Å². The van der Waals surface area contributed by atoms with Crippen molar-refractivity contribution in [3.63, 3.8) is 0 Å². The first-order valence-corrected chi connectivity index (χ1v) is 8.74. The fourth-order valence-electron chi connectivity index (χ4n) is 2.73. The molecule has 0 unspecified atom stereocenters. The van der Waals surface area contributed by atoms with E-state index in [1.165, 1.54) is 13.2 Å². The van der Waals surface area contributed by atoms with E-state index in [0.29, 0.717) is 21.5 Å². The summed E-state index contributed by atoms with van der Waals surface area (Å²) >= 11 is 3.40. The molecule has 2 rings (SSSR count). The predicted molar refractivity (Wildman–Crippen MR) is 99.0 cm³/mol. The van der Waals surface area contributed by atoms with Gasteiger partial charge in [0.1, 0.15) is 18.2 Å². The number of hydrogen-bond acceptors (Lipinski definition) is 4. The Bertz CT molecular complexity index is 753. The maximum atomic E-state index is 12.3. The molecular formula is C19H19BrN2O3. The van der Waals surface area contributed by atoms with Gasteiger partial charge < -0.3 is 14.8 Å². The Kier molecular flexibility index (Phi) is 6.91. The third-order valence-electron chi connectivity index (χ3n) is 3.92. The average molecular weight is 403 g/mol. The first kappa shape index (κ1) is 18.9. The Balaban J connectivity index is 2.24. The Morgan fingerprint density at radius 3 is 2.80 bits per heavy atom. The number of nitrogens with one attached hydrogen (secondary N) is 1. The van der Waals surface area contributed by atoms with E-state index in [2.05, 4.69) is 27.2 Å². The van der Waals surface area contributed by atoms with Crippen molar-refractivity contribution in [2.24, 2.45) is 0 Å². The number of carbonyl (C=O) groups is 1. The molecule has 0 spiro atoms. The third-order valence-corrected chi connectivity index (χ3v) is 4.51. The summed E-state index contributed by atoms with van der Waals surface area (Å²) in [5, 5.41) is 12.2. The number of hydrogen-bond donors (Lipinski definition) is 1. The van der Waals surface area contributed by atoms with Gasteiger partial charge in [0, 0.05) is 6.04 Å². The lowest BCUT2D eigenvalue weighted by Gasteiger charge is -2.13. The number of carbonyl (C=O) groups excluding carboxylic acids is 1. The second kappa shape index (κ2) is 9.15. The van der Waals surface area contributed by atoms with Gasteiger partial charge in [-0.05, 0) is 52.5 Å². The fraction of sp³-hybridized carbons (Fsp3) is 0.368. The highest BCUT2D eigenvalue weighted by atomic mass is 79.9. The van der Waals surface area contributed by atoms with Crippen LogP contribution in [0.4, 0.5) is 0 Å². The minimum Gasteiger partial charge on any atom is -0.493 e. The zero-order valence-corrected chi connectivity index (χ0v) is 15.6. The first-order chi connectivity index (χ1) is 12.1. The summed E-state index contributed by atoms with van der Waals surface area (Å²) in [6.45, 7) is 0.109. The molecule has 25 heavy (non-hydrogen) atoms. The second-order valence-corrected chi connectivity index (χ2v) is 6.51. The van der Waals surface area contributed by atoms with Gasteiger partial charge in [-0.1, -0.05) is 18.8 Å². The van der Waals surface area contributed by atoms with E-state index in [-0.39, 0.29) is 24.1 Å². The van der Waals surface area contributed by atoms with Crippen LogP contribution in [0.5, 0.6) is 11.5 Å². The maximum Gasteiger partial charge on any atom is 0.262 e. The van der Waals surface area contributed by atoms with Gasteiger partial charge in [0.05, 0.1) is 11.6 Å². The van der Waals surface area contributed by atoms with E-state index >= 15 is 0 Å². The number of benzene rings is 1. The van der Waals surface area contributed by atoms with Crippen LogP contribution in [-0.2, 0) is 4.79 Å². The lowest BCUT2D eigenvalue weighted by atomic mass is 10.1. The van der Waals surface area contributed by atoms with Crippen molar-refractivity contribution in [1.29, 1.82) is 5.26 Å². The lowest BCUT2D eigenvalue weighted by Crippen LogP contribution is -2.33. The van der Waals surface area contributed by atoms with Crippen molar-refractivity contribution in [3.05, 3.63) is 27.7 Å². The van der Waals surface area contributed by atoms with E-state index in [0.717, 1.165) is 25.7 Å². The minimum absolute atomic E-state index is 0.0538. The number of rotatable bonds is 6. The molecule has 1 aromatic rings. The molecule has 0 aromatic heterocycles. The Morgan fingerprint density at radius 1 is 1.48 bits per heavy atom. The van der Waals surface area contributed by atoms with E-state index in [1.807, 2.05) is 6.07 Å². The van der Waals surface area contributed by atoms with Crippen molar-refractivity contribution < 1.29 is 14.3 Å². The van der Waals surface area contributed by atoms with Crippen molar-refractivity contribution in [3.8, 4) is 29.9 Å². The molecule has 5 nitrogen and oxygen atoms in total. The normalized spacial score (nSPS) is 14.5. The summed E-state index contributed by atoms with van der Waals surface area (Å²) < 4.78 is 11.4. The number of nitriles is 1. The van der Waals surface area contributed by atoms with E-state index in [9.17, 15) is 10.1 Å². The largest absolute Gasteiger partial charge is 0.493 e. The lowest BCUT2D eigenvalue weighted by molar-refractivity contribution is -0.117. The maximum absolute atomic E-state index is 12.3. The zero-order valence-electron chi connectivity index (χ0n) is 14.0. The summed E-state index contributed by atoms with van der Waals surface area (Å²) in [5.74, 6) is 2.98. The van der Waals surface area contributed by atoms with Crippen molar-refractivity contribution >= 4 is 27.9 Å². The topological polar surface area (TPSA) is 71.3 Å².